The summed E-state index contributed by atoms with van der Waals surface area (Å²) in [7, 11) is 0. The molecule has 0 spiro atoms. The molecule has 1 aliphatic rings. The normalized spacial score (nSPS) is 21.6. The summed E-state index contributed by atoms with van der Waals surface area (Å²) in [5, 5.41) is 0. The summed E-state index contributed by atoms with van der Waals surface area (Å²) in [6, 6.07) is 0.293. The van der Waals surface area contributed by atoms with Crippen LogP contribution in [0.1, 0.15) is 39.5 Å². The lowest BCUT2D eigenvalue weighted by Crippen LogP contribution is -2.12. The number of rotatable bonds is 1. The number of carbonyl (C=O) groups excluding carboxylic acids is 1. The van der Waals surface area contributed by atoms with Crippen LogP contribution >= 0.6 is 0 Å². The summed E-state index contributed by atoms with van der Waals surface area (Å²) < 4.78 is 0. The van der Waals surface area contributed by atoms with Crippen LogP contribution in [0.15, 0.2) is 10.6 Å². The van der Waals surface area contributed by atoms with E-state index in [1.807, 2.05) is 19.8 Å². The molecule has 1 aliphatic carbocycles. The zero-order chi connectivity index (χ0) is 8.97. The predicted molar refractivity (Wildman–Crippen MR) is 50.2 cm³/mol. The molecule has 66 valence electrons. The van der Waals surface area contributed by atoms with Crippen LogP contribution < -0.4 is 0 Å². The molecule has 0 aromatic rings. The maximum atomic E-state index is 10.5. The summed E-state index contributed by atoms with van der Waals surface area (Å²) in [6.07, 6.45) is 4.11. The minimum Gasteiger partial charge on any atom is -0.286 e. The van der Waals surface area contributed by atoms with Crippen molar-refractivity contribution in [2.24, 2.45) is 4.99 Å². The molecule has 1 saturated carbocycles. The summed E-state index contributed by atoms with van der Waals surface area (Å²) in [6.45, 7) is 4.06. The van der Waals surface area contributed by atoms with Crippen molar-refractivity contribution >= 4 is 11.7 Å². The van der Waals surface area contributed by atoms with Gasteiger partial charge in [0, 0.05) is 11.8 Å². The first-order valence-corrected chi connectivity index (χ1v) is 4.55. The first-order chi connectivity index (χ1) is 5.74. The first-order valence-electron chi connectivity index (χ1n) is 4.55. The highest BCUT2D eigenvalue weighted by Gasteiger charge is 2.13. The summed E-state index contributed by atoms with van der Waals surface area (Å²) in [5.74, 6) is 2.00. The van der Waals surface area contributed by atoms with E-state index in [2.05, 4.69) is 4.99 Å². The van der Waals surface area contributed by atoms with Gasteiger partial charge >= 0.3 is 0 Å². The van der Waals surface area contributed by atoms with E-state index in [1.54, 1.807) is 0 Å². The molecule has 12 heavy (non-hydrogen) atoms. The lowest BCUT2D eigenvalue weighted by atomic mass is 9.94. The van der Waals surface area contributed by atoms with Gasteiger partial charge in [-0.05, 0) is 39.5 Å². The minimum absolute atomic E-state index is 0.293. The van der Waals surface area contributed by atoms with E-state index < -0.39 is 0 Å². The van der Waals surface area contributed by atoms with Gasteiger partial charge in [0.05, 0.1) is 5.57 Å². The van der Waals surface area contributed by atoms with Crippen LogP contribution in [-0.2, 0) is 4.79 Å². The Labute approximate surface area is 73.4 Å². The average molecular weight is 165 g/mol. The lowest BCUT2D eigenvalue weighted by Gasteiger charge is -2.14. The van der Waals surface area contributed by atoms with Gasteiger partial charge in [-0.15, -0.1) is 0 Å². The lowest BCUT2D eigenvalue weighted by molar-refractivity contribution is 0.565. The van der Waals surface area contributed by atoms with Gasteiger partial charge in [0.1, 0.15) is 5.94 Å². The molecule has 0 unspecified atom stereocenters. The van der Waals surface area contributed by atoms with Crippen molar-refractivity contribution in [1.82, 2.24) is 0 Å². The third-order valence-corrected chi connectivity index (χ3v) is 1.98. The number of hydrogen-bond acceptors (Lipinski definition) is 2. The van der Waals surface area contributed by atoms with Crippen LogP contribution in [0.3, 0.4) is 0 Å². The topological polar surface area (TPSA) is 29.4 Å². The molecule has 0 aromatic heterocycles. The van der Waals surface area contributed by atoms with E-state index in [4.69, 9.17) is 0 Å². The Balaban J connectivity index is 2.79. The van der Waals surface area contributed by atoms with Gasteiger partial charge in [-0.25, -0.2) is 4.79 Å². The van der Waals surface area contributed by atoms with Crippen LogP contribution in [0.4, 0.5) is 0 Å². The molecule has 1 rings (SSSR count). The average Bonchev–Trinajstić information content (AvgIpc) is 2.04. The van der Waals surface area contributed by atoms with Crippen LogP contribution in [0.2, 0.25) is 0 Å². The Morgan fingerprint density at radius 3 is 2.58 bits per heavy atom. The largest absolute Gasteiger partial charge is 0.286 e. The predicted octanol–water partition coefficient (Wildman–Crippen LogP) is 2.17. The highest BCUT2D eigenvalue weighted by molar-refractivity contribution is 6.06. The SMILES string of the molecule is CC(C)N=C1CCCCC1=C=O. The zero-order valence-electron chi connectivity index (χ0n) is 7.76. The van der Waals surface area contributed by atoms with E-state index in [9.17, 15) is 4.79 Å². The quantitative estimate of drug-likeness (QED) is 0.547. The van der Waals surface area contributed by atoms with E-state index >= 15 is 0 Å². The van der Waals surface area contributed by atoms with Crippen molar-refractivity contribution in [3.05, 3.63) is 5.57 Å². The smallest absolute Gasteiger partial charge is 0.129 e. The molecule has 0 amide bonds. The number of allylic oxidation sites excluding steroid dienone is 1. The monoisotopic (exact) mass is 165 g/mol. The molecular formula is C10H15NO. The Hall–Kier alpha value is -0.880. The molecular weight excluding hydrogens is 150 g/mol. The van der Waals surface area contributed by atoms with Crippen LogP contribution in [0.25, 0.3) is 0 Å². The molecule has 0 aromatic carbocycles. The second-order valence-electron chi connectivity index (χ2n) is 3.46. The maximum Gasteiger partial charge on any atom is 0.129 e. The van der Waals surface area contributed by atoms with Crippen LogP contribution in [0.5, 0.6) is 0 Å². The second-order valence-corrected chi connectivity index (χ2v) is 3.46. The van der Waals surface area contributed by atoms with Crippen molar-refractivity contribution in [1.29, 1.82) is 0 Å². The van der Waals surface area contributed by atoms with E-state index in [-0.39, 0.29) is 0 Å². The Bertz CT molecular complexity index is 234. The van der Waals surface area contributed by atoms with Crippen LogP contribution in [-0.4, -0.2) is 17.7 Å². The molecule has 0 bridgehead atoms. The number of nitrogens with zero attached hydrogens (tertiary/aromatic N) is 1. The van der Waals surface area contributed by atoms with Crippen molar-refractivity contribution in [3.63, 3.8) is 0 Å². The Morgan fingerprint density at radius 2 is 2.00 bits per heavy atom. The third-order valence-electron chi connectivity index (χ3n) is 1.98. The molecule has 1 fully saturated rings. The van der Waals surface area contributed by atoms with E-state index in [0.717, 1.165) is 37.0 Å². The minimum atomic E-state index is 0.293. The summed E-state index contributed by atoms with van der Waals surface area (Å²) in [4.78, 5) is 14.9. The molecule has 0 saturated heterocycles. The van der Waals surface area contributed by atoms with Crippen molar-refractivity contribution in [2.45, 2.75) is 45.6 Å². The first kappa shape index (κ1) is 9.21. The standard InChI is InChI=1S/C10H15NO/c1-8(2)11-10-6-4-3-5-9(10)7-12/h8H,3-6H2,1-2H3. The molecule has 0 heterocycles. The van der Waals surface area contributed by atoms with E-state index in [0.29, 0.717) is 6.04 Å². The molecule has 0 aliphatic heterocycles. The fourth-order valence-electron chi connectivity index (χ4n) is 1.45. The van der Waals surface area contributed by atoms with Gasteiger partial charge < -0.3 is 0 Å². The molecule has 2 nitrogen and oxygen atoms in total. The summed E-state index contributed by atoms with van der Waals surface area (Å²) >= 11 is 0. The van der Waals surface area contributed by atoms with Gasteiger partial charge in [-0.2, -0.15) is 0 Å². The zero-order valence-corrected chi connectivity index (χ0v) is 7.76. The summed E-state index contributed by atoms with van der Waals surface area (Å²) in [5.41, 5.74) is 1.79. The highest BCUT2D eigenvalue weighted by atomic mass is 16.1. The number of aliphatic imine (C=N–C) groups is 1. The van der Waals surface area contributed by atoms with Gasteiger partial charge in [0.25, 0.3) is 0 Å². The molecule has 0 atom stereocenters. The van der Waals surface area contributed by atoms with Gasteiger partial charge in [-0.3, -0.25) is 4.99 Å². The van der Waals surface area contributed by atoms with Gasteiger partial charge in [0.15, 0.2) is 0 Å². The van der Waals surface area contributed by atoms with Gasteiger partial charge in [-0.1, -0.05) is 0 Å². The van der Waals surface area contributed by atoms with E-state index in [1.165, 1.54) is 0 Å². The fraction of sp³-hybridized carbons (Fsp3) is 0.700. The van der Waals surface area contributed by atoms with Gasteiger partial charge in [0.2, 0.25) is 0 Å². The van der Waals surface area contributed by atoms with Crippen LogP contribution in [0, 0.1) is 0 Å². The second kappa shape index (κ2) is 4.22. The van der Waals surface area contributed by atoms with Crippen molar-refractivity contribution in [2.75, 3.05) is 0 Å². The molecule has 2 heteroatoms. The highest BCUT2D eigenvalue weighted by Crippen LogP contribution is 2.19. The Morgan fingerprint density at radius 1 is 1.33 bits per heavy atom. The fourth-order valence-corrected chi connectivity index (χ4v) is 1.45. The molecule has 0 N–H and O–H groups in total. The van der Waals surface area contributed by atoms with Crippen molar-refractivity contribution < 1.29 is 4.79 Å². The molecule has 0 radical (unpaired) electrons. The maximum absolute atomic E-state index is 10.5. The third kappa shape index (κ3) is 2.31. The number of hydrogen-bond donors (Lipinski definition) is 0. The Kier molecular flexibility index (Phi) is 3.24. The van der Waals surface area contributed by atoms with Crippen molar-refractivity contribution in [3.8, 4) is 0 Å².